The molecule has 0 bridgehead atoms. The summed E-state index contributed by atoms with van der Waals surface area (Å²) in [5, 5.41) is 3.07. The average Bonchev–Trinajstić information content (AvgIpc) is 2.68. The number of nitrogens with zero attached hydrogens (tertiary/aromatic N) is 1. The Balaban J connectivity index is 1.97. The van der Waals surface area contributed by atoms with E-state index in [0.29, 0.717) is 12.5 Å². The van der Waals surface area contributed by atoms with Crippen LogP contribution in [0.4, 0.5) is 5.69 Å². The van der Waals surface area contributed by atoms with E-state index in [9.17, 15) is 0 Å². The third-order valence-corrected chi connectivity index (χ3v) is 3.81. The lowest BCUT2D eigenvalue weighted by Gasteiger charge is -2.04. The normalized spacial score (nSPS) is 11.6. The van der Waals surface area contributed by atoms with Gasteiger partial charge < -0.3 is 11.1 Å². The summed E-state index contributed by atoms with van der Waals surface area (Å²) in [6.07, 6.45) is 0. The van der Waals surface area contributed by atoms with Gasteiger partial charge in [0.15, 0.2) is 5.96 Å². The van der Waals surface area contributed by atoms with E-state index in [2.05, 4.69) is 30.2 Å². The number of nitrogens with one attached hydrogen (secondary N) is 1. The molecule has 94 valence electrons. The van der Waals surface area contributed by atoms with Gasteiger partial charge in [-0.05, 0) is 37.6 Å². The second kappa shape index (κ2) is 5.69. The van der Waals surface area contributed by atoms with Crippen LogP contribution >= 0.6 is 11.3 Å². The molecule has 1 heterocycles. The molecule has 0 saturated carbocycles. The fourth-order valence-corrected chi connectivity index (χ4v) is 2.58. The molecule has 2 rings (SSSR count). The van der Waals surface area contributed by atoms with Crippen molar-refractivity contribution >= 4 is 23.0 Å². The van der Waals surface area contributed by atoms with Crippen LogP contribution in [-0.4, -0.2) is 5.96 Å². The van der Waals surface area contributed by atoms with Crippen LogP contribution in [0.2, 0.25) is 0 Å². The van der Waals surface area contributed by atoms with Crippen molar-refractivity contribution < 1.29 is 0 Å². The van der Waals surface area contributed by atoms with Crippen LogP contribution in [0, 0.1) is 13.8 Å². The molecule has 3 N–H and O–H groups in total. The molecular formula is C14H17N3S. The zero-order valence-electron chi connectivity index (χ0n) is 10.6. The van der Waals surface area contributed by atoms with Crippen molar-refractivity contribution in [1.29, 1.82) is 0 Å². The number of nitrogens with two attached hydrogens (primary N) is 1. The minimum atomic E-state index is 0.449. The lowest BCUT2D eigenvalue weighted by Crippen LogP contribution is -2.22. The first-order chi connectivity index (χ1) is 8.65. The maximum absolute atomic E-state index is 5.84. The highest BCUT2D eigenvalue weighted by molar-refractivity contribution is 7.12. The second-order valence-corrected chi connectivity index (χ2v) is 5.49. The largest absolute Gasteiger partial charge is 0.370 e. The zero-order chi connectivity index (χ0) is 13.0. The van der Waals surface area contributed by atoms with Crippen LogP contribution < -0.4 is 11.1 Å². The van der Waals surface area contributed by atoms with Crippen LogP contribution in [0.25, 0.3) is 0 Å². The van der Waals surface area contributed by atoms with E-state index in [1.807, 2.05) is 30.3 Å². The molecule has 0 atom stereocenters. The van der Waals surface area contributed by atoms with Crippen LogP contribution in [-0.2, 0) is 6.54 Å². The van der Waals surface area contributed by atoms with Gasteiger partial charge in [0.1, 0.15) is 0 Å². The maximum Gasteiger partial charge on any atom is 0.193 e. The summed E-state index contributed by atoms with van der Waals surface area (Å²) in [5.41, 5.74) is 8.12. The predicted molar refractivity (Wildman–Crippen MR) is 79.2 cm³/mol. The number of hydrogen-bond donors (Lipinski definition) is 2. The van der Waals surface area contributed by atoms with E-state index in [1.165, 1.54) is 15.3 Å². The summed E-state index contributed by atoms with van der Waals surface area (Å²) in [6.45, 7) is 4.87. The smallest absolute Gasteiger partial charge is 0.193 e. The minimum absolute atomic E-state index is 0.449. The van der Waals surface area contributed by atoms with Gasteiger partial charge in [0.2, 0.25) is 0 Å². The number of thiophene rings is 1. The molecule has 2 aromatic rings. The standard InChI is InChI=1S/C14H17N3S/c1-10-8-13(18-11(10)2)9-16-14(15)17-12-6-4-3-5-7-12/h3-8H,9H2,1-2H3,(H3,15,16,17). The van der Waals surface area contributed by atoms with Crippen molar-refractivity contribution in [2.75, 3.05) is 5.32 Å². The Morgan fingerprint density at radius 1 is 1.28 bits per heavy atom. The highest BCUT2D eigenvalue weighted by Crippen LogP contribution is 2.21. The first kappa shape index (κ1) is 12.6. The van der Waals surface area contributed by atoms with E-state index < -0.39 is 0 Å². The molecule has 1 aromatic carbocycles. The molecule has 4 heteroatoms. The molecule has 0 unspecified atom stereocenters. The Labute approximate surface area is 111 Å². The Morgan fingerprint density at radius 2 is 2.00 bits per heavy atom. The van der Waals surface area contributed by atoms with Gasteiger partial charge in [0, 0.05) is 15.4 Å². The Hall–Kier alpha value is -1.81. The van der Waals surface area contributed by atoms with Crippen molar-refractivity contribution in [1.82, 2.24) is 0 Å². The third kappa shape index (κ3) is 3.34. The molecule has 1 aromatic heterocycles. The quantitative estimate of drug-likeness (QED) is 0.656. The van der Waals surface area contributed by atoms with E-state index in [1.54, 1.807) is 11.3 Å². The maximum atomic E-state index is 5.84. The van der Waals surface area contributed by atoms with E-state index >= 15 is 0 Å². The van der Waals surface area contributed by atoms with Crippen LogP contribution in [0.3, 0.4) is 0 Å². The summed E-state index contributed by atoms with van der Waals surface area (Å²) >= 11 is 1.77. The van der Waals surface area contributed by atoms with E-state index in [4.69, 9.17) is 5.73 Å². The molecular weight excluding hydrogens is 242 g/mol. The van der Waals surface area contributed by atoms with Gasteiger partial charge in [-0.2, -0.15) is 0 Å². The molecule has 0 radical (unpaired) electrons. The topological polar surface area (TPSA) is 50.4 Å². The van der Waals surface area contributed by atoms with Gasteiger partial charge >= 0.3 is 0 Å². The van der Waals surface area contributed by atoms with Gasteiger partial charge in [0.25, 0.3) is 0 Å². The van der Waals surface area contributed by atoms with E-state index in [-0.39, 0.29) is 0 Å². The van der Waals surface area contributed by atoms with Crippen molar-refractivity contribution in [2.45, 2.75) is 20.4 Å². The van der Waals surface area contributed by atoms with Crippen molar-refractivity contribution in [3.05, 3.63) is 51.7 Å². The average molecular weight is 259 g/mol. The first-order valence-electron chi connectivity index (χ1n) is 5.83. The minimum Gasteiger partial charge on any atom is -0.370 e. The van der Waals surface area contributed by atoms with Gasteiger partial charge in [-0.25, -0.2) is 4.99 Å². The number of aliphatic imine (C=N–C) groups is 1. The second-order valence-electron chi connectivity index (χ2n) is 4.14. The third-order valence-electron chi connectivity index (χ3n) is 2.67. The van der Waals surface area contributed by atoms with Crippen molar-refractivity contribution in [3.8, 4) is 0 Å². The number of aryl methyl sites for hydroxylation is 2. The van der Waals surface area contributed by atoms with Gasteiger partial charge in [-0.15, -0.1) is 11.3 Å². The summed E-state index contributed by atoms with van der Waals surface area (Å²) in [5.74, 6) is 0.449. The number of benzene rings is 1. The van der Waals surface area contributed by atoms with Gasteiger partial charge in [0.05, 0.1) is 6.54 Å². The first-order valence-corrected chi connectivity index (χ1v) is 6.64. The molecule has 0 aliphatic carbocycles. The molecule has 0 fully saturated rings. The van der Waals surface area contributed by atoms with Crippen molar-refractivity contribution in [3.63, 3.8) is 0 Å². The lowest BCUT2D eigenvalue weighted by molar-refractivity contribution is 1.09. The fraction of sp³-hybridized carbons (Fsp3) is 0.214. The molecule has 0 aliphatic heterocycles. The fourth-order valence-electron chi connectivity index (χ4n) is 1.60. The summed E-state index contributed by atoms with van der Waals surface area (Å²) < 4.78 is 0. The SMILES string of the molecule is Cc1cc(CN=C(N)Nc2ccccc2)sc1C. The molecule has 3 nitrogen and oxygen atoms in total. The molecule has 0 saturated heterocycles. The zero-order valence-corrected chi connectivity index (χ0v) is 11.4. The number of rotatable bonds is 3. The molecule has 0 amide bonds. The summed E-state index contributed by atoms with van der Waals surface area (Å²) in [7, 11) is 0. The van der Waals surface area contributed by atoms with Gasteiger partial charge in [-0.3, -0.25) is 0 Å². The highest BCUT2D eigenvalue weighted by Gasteiger charge is 2.01. The van der Waals surface area contributed by atoms with Gasteiger partial charge in [-0.1, -0.05) is 18.2 Å². The Bertz CT molecular complexity index is 524. The predicted octanol–water partition coefficient (Wildman–Crippen LogP) is 3.29. The van der Waals surface area contributed by atoms with Crippen LogP contribution in [0.5, 0.6) is 0 Å². The Kier molecular flexibility index (Phi) is 3.99. The number of hydrogen-bond acceptors (Lipinski definition) is 2. The number of para-hydroxylation sites is 1. The summed E-state index contributed by atoms with van der Waals surface area (Å²) in [6, 6.07) is 12.0. The lowest BCUT2D eigenvalue weighted by atomic mass is 10.3. The monoisotopic (exact) mass is 259 g/mol. The molecule has 0 aliphatic rings. The summed E-state index contributed by atoms with van der Waals surface area (Å²) in [4.78, 5) is 6.92. The van der Waals surface area contributed by atoms with Crippen molar-refractivity contribution in [2.24, 2.45) is 10.7 Å². The number of guanidine groups is 1. The van der Waals surface area contributed by atoms with Crippen LogP contribution in [0.15, 0.2) is 41.4 Å². The molecule has 0 spiro atoms. The molecule has 18 heavy (non-hydrogen) atoms. The van der Waals surface area contributed by atoms with E-state index in [0.717, 1.165) is 5.69 Å². The highest BCUT2D eigenvalue weighted by atomic mass is 32.1. The van der Waals surface area contributed by atoms with Crippen LogP contribution in [0.1, 0.15) is 15.3 Å². The Morgan fingerprint density at radius 3 is 2.61 bits per heavy atom. The number of anilines is 1.